The minimum atomic E-state index is 0.0425. The third-order valence-electron chi connectivity index (χ3n) is 4.90. The van der Waals surface area contributed by atoms with E-state index in [0.29, 0.717) is 17.8 Å². The highest BCUT2D eigenvalue weighted by atomic mass is 16.5. The van der Waals surface area contributed by atoms with Crippen molar-refractivity contribution in [3.05, 3.63) is 17.5 Å². The molecule has 2 atom stereocenters. The Balaban J connectivity index is 1.63. The Hall–Kier alpha value is -1.40. The third-order valence-corrected chi connectivity index (χ3v) is 4.90. The van der Waals surface area contributed by atoms with Crippen LogP contribution in [-0.4, -0.2) is 70.8 Å². The first-order valence-corrected chi connectivity index (χ1v) is 8.90. The molecule has 2 aliphatic heterocycles. The van der Waals surface area contributed by atoms with Crippen molar-refractivity contribution in [2.75, 3.05) is 32.8 Å². The van der Waals surface area contributed by atoms with E-state index in [4.69, 9.17) is 4.74 Å². The predicted molar refractivity (Wildman–Crippen MR) is 88.5 cm³/mol. The molecule has 0 bridgehead atoms. The van der Waals surface area contributed by atoms with Crippen LogP contribution >= 0.6 is 0 Å². The van der Waals surface area contributed by atoms with Gasteiger partial charge in [-0.25, -0.2) is 0 Å². The fraction of sp³-hybridized carbons (Fsp3) is 0.765. The van der Waals surface area contributed by atoms with Gasteiger partial charge in [-0.2, -0.15) is 5.10 Å². The number of carbonyl (C=O) groups excluding carboxylic acids is 1. The van der Waals surface area contributed by atoms with Gasteiger partial charge in [0.15, 0.2) is 0 Å². The van der Waals surface area contributed by atoms with Crippen LogP contribution in [0.3, 0.4) is 0 Å². The lowest BCUT2D eigenvalue weighted by molar-refractivity contribution is -0.0776. The summed E-state index contributed by atoms with van der Waals surface area (Å²) >= 11 is 0. The number of hydrogen-bond acceptors (Lipinski definition) is 4. The molecule has 0 spiro atoms. The largest absolute Gasteiger partial charge is 0.378 e. The van der Waals surface area contributed by atoms with Crippen LogP contribution in [0.15, 0.2) is 6.07 Å². The number of hydrogen-bond donors (Lipinski definition) is 1. The molecule has 0 aromatic carbocycles. The van der Waals surface area contributed by atoms with E-state index in [-0.39, 0.29) is 5.91 Å². The first kappa shape index (κ1) is 16.5. The van der Waals surface area contributed by atoms with Crippen molar-refractivity contribution in [3.8, 4) is 0 Å². The number of nitrogens with one attached hydrogen (secondary N) is 1. The molecule has 0 radical (unpaired) electrons. The van der Waals surface area contributed by atoms with Gasteiger partial charge in [0.1, 0.15) is 5.69 Å². The molecule has 3 heterocycles. The quantitative estimate of drug-likeness (QED) is 0.897. The first-order chi connectivity index (χ1) is 11.2. The molecule has 2 aliphatic rings. The average molecular weight is 320 g/mol. The van der Waals surface area contributed by atoms with Gasteiger partial charge >= 0.3 is 0 Å². The first-order valence-electron chi connectivity index (χ1n) is 8.90. The number of ether oxygens (including phenoxy) is 1. The Morgan fingerprint density at radius 2 is 2.22 bits per heavy atom. The van der Waals surface area contributed by atoms with Gasteiger partial charge in [0.2, 0.25) is 0 Å². The molecule has 1 N–H and O–H groups in total. The number of morpholine rings is 1. The molecule has 0 saturated carbocycles. The highest BCUT2D eigenvalue weighted by Crippen LogP contribution is 2.22. The summed E-state index contributed by atoms with van der Waals surface area (Å²) in [5, 5.41) is 7.17. The number of amides is 1. The summed E-state index contributed by atoms with van der Waals surface area (Å²) in [6.45, 7) is 8.37. The van der Waals surface area contributed by atoms with E-state index >= 15 is 0 Å². The Kier molecular flexibility index (Phi) is 5.33. The van der Waals surface area contributed by atoms with Crippen LogP contribution in [0.25, 0.3) is 0 Å². The number of aromatic nitrogens is 2. The van der Waals surface area contributed by atoms with Crippen molar-refractivity contribution in [1.29, 1.82) is 0 Å². The zero-order chi connectivity index (χ0) is 16.2. The molecule has 3 rings (SSSR count). The highest BCUT2D eigenvalue weighted by molar-refractivity contribution is 5.92. The molecule has 2 fully saturated rings. The van der Waals surface area contributed by atoms with Gasteiger partial charge in [0, 0.05) is 31.4 Å². The Morgan fingerprint density at radius 1 is 1.35 bits per heavy atom. The highest BCUT2D eigenvalue weighted by Gasteiger charge is 2.37. The number of rotatable bonds is 5. The molecule has 2 saturated heterocycles. The lowest BCUT2D eigenvalue weighted by Crippen LogP contribution is -2.62. The van der Waals surface area contributed by atoms with Crippen molar-refractivity contribution < 1.29 is 9.53 Å². The van der Waals surface area contributed by atoms with E-state index < -0.39 is 0 Å². The van der Waals surface area contributed by atoms with Gasteiger partial charge in [-0.15, -0.1) is 0 Å². The second-order valence-corrected chi connectivity index (χ2v) is 6.65. The second-order valence-electron chi connectivity index (χ2n) is 6.65. The summed E-state index contributed by atoms with van der Waals surface area (Å²) in [6.07, 6.45) is 4.33. The van der Waals surface area contributed by atoms with E-state index in [0.717, 1.165) is 51.4 Å². The summed E-state index contributed by atoms with van der Waals surface area (Å²) in [4.78, 5) is 17.2. The van der Waals surface area contributed by atoms with Crippen molar-refractivity contribution in [3.63, 3.8) is 0 Å². The van der Waals surface area contributed by atoms with Crippen LogP contribution in [0.1, 0.15) is 49.3 Å². The van der Waals surface area contributed by atoms with Crippen LogP contribution in [0.4, 0.5) is 0 Å². The summed E-state index contributed by atoms with van der Waals surface area (Å²) in [6, 6.07) is 2.74. The number of nitrogens with zero attached hydrogens (tertiary/aromatic N) is 3. The molecule has 0 aliphatic carbocycles. The van der Waals surface area contributed by atoms with Gasteiger partial charge in [-0.05, 0) is 18.9 Å². The standard InChI is InChI=1S/C17H28N4O2/c1-3-5-13-9-16(19-18-13)17(22)20-7-8-21-14(6-4-2)11-23-12-15(21)10-20/h9,14-15H,3-8,10-12H2,1-2H3,(H,18,19)/t14-,15+/m0/s1. The van der Waals surface area contributed by atoms with Gasteiger partial charge in [0.25, 0.3) is 5.91 Å². The van der Waals surface area contributed by atoms with Crippen molar-refractivity contribution in [2.24, 2.45) is 0 Å². The zero-order valence-corrected chi connectivity index (χ0v) is 14.3. The molecule has 6 nitrogen and oxygen atoms in total. The van der Waals surface area contributed by atoms with Gasteiger partial charge in [-0.1, -0.05) is 26.7 Å². The molecule has 1 aromatic heterocycles. The van der Waals surface area contributed by atoms with Gasteiger partial charge in [0.05, 0.1) is 19.3 Å². The summed E-state index contributed by atoms with van der Waals surface area (Å²) < 4.78 is 5.77. The lowest BCUT2D eigenvalue weighted by atomic mass is 10.0. The SMILES string of the molecule is CCCc1cc(C(=O)N2CCN3[C@@H](CCC)COC[C@H]3C2)n[nH]1. The minimum absolute atomic E-state index is 0.0425. The molecule has 23 heavy (non-hydrogen) atoms. The van der Waals surface area contributed by atoms with Crippen molar-refractivity contribution in [2.45, 2.75) is 51.6 Å². The molecule has 6 heteroatoms. The number of H-pyrrole nitrogens is 1. The number of carbonyl (C=O) groups is 1. The van der Waals surface area contributed by atoms with Crippen LogP contribution in [0, 0.1) is 0 Å². The number of fused-ring (bicyclic) bond motifs is 1. The molecule has 0 unspecified atom stereocenters. The molecular weight excluding hydrogens is 292 g/mol. The second kappa shape index (κ2) is 7.45. The average Bonchev–Trinajstić information content (AvgIpc) is 3.03. The molecule has 1 amide bonds. The molecule has 128 valence electrons. The lowest BCUT2D eigenvalue weighted by Gasteiger charge is -2.47. The van der Waals surface area contributed by atoms with E-state index in [1.54, 1.807) is 0 Å². The van der Waals surface area contributed by atoms with E-state index in [1.807, 2.05) is 11.0 Å². The topological polar surface area (TPSA) is 61.5 Å². The Bertz CT molecular complexity index is 528. The Labute approximate surface area is 138 Å². The number of piperazine rings is 1. The van der Waals surface area contributed by atoms with Crippen LogP contribution in [0.2, 0.25) is 0 Å². The van der Waals surface area contributed by atoms with Crippen LogP contribution in [-0.2, 0) is 11.2 Å². The van der Waals surface area contributed by atoms with E-state index in [9.17, 15) is 4.79 Å². The van der Waals surface area contributed by atoms with Crippen LogP contribution < -0.4 is 0 Å². The third kappa shape index (κ3) is 3.58. The fourth-order valence-electron chi connectivity index (χ4n) is 3.73. The minimum Gasteiger partial charge on any atom is -0.378 e. The van der Waals surface area contributed by atoms with Gasteiger partial charge in [-0.3, -0.25) is 14.8 Å². The zero-order valence-electron chi connectivity index (χ0n) is 14.3. The summed E-state index contributed by atoms with van der Waals surface area (Å²) in [5.74, 6) is 0.0425. The van der Waals surface area contributed by atoms with Crippen LogP contribution in [0.5, 0.6) is 0 Å². The van der Waals surface area contributed by atoms with E-state index in [2.05, 4.69) is 28.9 Å². The van der Waals surface area contributed by atoms with Crippen molar-refractivity contribution in [1.82, 2.24) is 20.0 Å². The Morgan fingerprint density at radius 3 is 3.00 bits per heavy atom. The maximum absolute atomic E-state index is 12.7. The summed E-state index contributed by atoms with van der Waals surface area (Å²) in [5.41, 5.74) is 1.59. The van der Waals surface area contributed by atoms with Gasteiger partial charge < -0.3 is 9.64 Å². The van der Waals surface area contributed by atoms with Crippen molar-refractivity contribution >= 4 is 5.91 Å². The maximum atomic E-state index is 12.7. The number of aryl methyl sites for hydroxylation is 1. The number of aromatic amines is 1. The predicted octanol–water partition coefficient (Wildman–Crippen LogP) is 1.69. The maximum Gasteiger partial charge on any atom is 0.274 e. The normalized spacial score (nSPS) is 25.4. The monoisotopic (exact) mass is 320 g/mol. The molecular formula is C17H28N4O2. The fourth-order valence-corrected chi connectivity index (χ4v) is 3.73. The molecule has 1 aromatic rings. The summed E-state index contributed by atoms with van der Waals surface area (Å²) in [7, 11) is 0. The smallest absolute Gasteiger partial charge is 0.274 e. The van der Waals surface area contributed by atoms with E-state index in [1.165, 1.54) is 12.8 Å².